The van der Waals surface area contributed by atoms with Gasteiger partial charge in [-0.25, -0.2) is 0 Å². The summed E-state index contributed by atoms with van der Waals surface area (Å²) in [5.74, 6) is -1.45. The number of aliphatic carboxylic acids is 1. The highest BCUT2D eigenvalue weighted by molar-refractivity contribution is 7.98. The van der Waals surface area contributed by atoms with Gasteiger partial charge < -0.3 is 30.8 Å². The molecule has 1 aromatic heterocycles. The van der Waals surface area contributed by atoms with E-state index in [2.05, 4.69) is 47.2 Å². The van der Waals surface area contributed by atoms with Crippen molar-refractivity contribution in [1.29, 1.82) is 0 Å². The molecule has 260 valence electrons. The van der Waals surface area contributed by atoms with Gasteiger partial charge in [0.05, 0.1) is 18.5 Å². The lowest BCUT2D eigenvalue weighted by Gasteiger charge is -2.17. The molecule has 12 nitrogen and oxygen atoms in total. The smallest absolute Gasteiger partial charge is 0.322 e. The first-order valence-corrected chi connectivity index (χ1v) is 17.2. The lowest BCUT2D eigenvalue weighted by molar-refractivity contribution is -0.137. The number of rotatable bonds is 14. The summed E-state index contributed by atoms with van der Waals surface area (Å²) in [5.41, 5.74) is 2.82. The Hall–Kier alpha value is -5.17. The Kier molecular flexibility index (Phi) is 14.8. The number of carboxylic acid groups (broad SMARTS) is 1. The quantitative estimate of drug-likeness (QED) is 0.123. The van der Waals surface area contributed by atoms with Crippen LogP contribution < -0.4 is 26.7 Å². The van der Waals surface area contributed by atoms with Crippen molar-refractivity contribution in [2.45, 2.75) is 45.6 Å². The van der Waals surface area contributed by atoms with Crippen LogP contribution in [-0.2, 0) is 24.0 Å². The van der Waals surface area contributed by atoms with Gasteiger partial charge in [0.25, 0.3) is 0 Å². The van der Waals surface area contributed by atoms with Crippen molar-refractivity contribution in [2.75, 3.05) is 31.6 Å². The van der Waals surface area contributed by atoms with Crippen molar-refractivity contribution < 1.29 is 33.5 Å². The van der Waals surface area contributed by atoms with Crippen molar-refractivity contribution in [1.82, 2.24) is 21.3 Å². The van der Waals surface area contributed by atoms with Gasteiger partial charge in [-0.15, -0.1) is 0 Å². The zero-order chi connectivity index (χ0) is 35.9. The van der Waals surface area contributed by atoms with E-state index in [0.29, 0.717) is 34.8 Å². The normalized spacial score (nSPS) is 11.3. The van der Waals surface area contributed by atoms with E-state index in [0.717, 1.165) is 16.3 Å². The summed E-state index contributed by atoms with van der Waals surface area (Å²) in [4.78, 5) is 69.3. The van der Waals surface area contributed by atoms with E-state index < -0.39 is 42.8 Å². The summed E-state index contributed by atoms with van der Waals surface area (Å²) >= 11 is 1.53. The fourth-order valence-electron chi connectivity index (χ4n) is 4.67. The Balaban J connectivity index is 0.000000265. The molecule has 4 rings (SSSR count). The molecule has 0 spiro atoms. The number of carboxylic acids is 1. The first-order chi connectivity index (χ1) is 23.4. The monoisotopic (exact) mass is 690 g/mol. The van der Waals surface area contributed by atoms with Gasteiger partial charge >= 0.3 is 5.97 Å². The molecule has 0 aliphatic carbocycles. The minimum absolute atomic E-state index is 0.00372. The van der Waals surface area contributed by atoms with Crippen molar-refractivity contribution >= 4 is 63.1 Å². The second kappa shape index (κ2) is 19.0. The number of hydrogen-bond donors (Lipinski definition) is 5. The van der Waals surface area contributed by atoms with Crippen LogP contribution >= 0.6 is 11.8 Å². The van der Waals surface area contributed by atoms with E-state index in [1.54, 1.807) is 13.0 Å². The van der Waals surface area contributed by atoms with Crippen LogP contribution in [0.1, 0.15) is 45.1 Å². The van der Waals surface area contributed by atoms with E-state index in [1.807, 2.05) is 54.8 Å². The van der Waals surface area contributed by atoms with Crippen LogP contribution in [0.15, 0.2) is 75.9 Å². The molecule has 1 atom stereocenters. The van der Waals surface area contributed by atoms with Crippen LogP contribution in [-0.4, -0.2) is 72.4 Å². The molecule has 5 N–H and O–H groups in total. The third-order valence-corrected chi connectivity index (χ3v) is 8.01. The highest BCUT2D eigenvalue weighted by Gasteiger charge is 2.20. The van der Waals surface area contributed by atoms with E-state index in [4.69, 9.17) is 9.52 Å². The van der Waals surface area contributed by atoms with Crippen molar-refractivity contribution in [3.63, 3.8) is 0 Å². The molecule has 4 aromatic rings. The van der Waals surface area contributed by atoms with Crippen LogP contribution in [0.2, 0.25) is 0 Å². The van der Waals surface area contributed by atoms with Gasteiger partial charge in [0.15, 0.2) is 5.43 Å². The minimum Gasteiger partial charge on any atom is -0.480 e. The molecular formula is C36H42N4O8S. The predicted molar refractivity (Wildman–Crippen MR) is 191 cm³/mol. The maximum absolute atomic E-state index is 12.7. The van der Waals surface area contributed by atoms with Crippen LogP contribution in [0, 0.1) is 0 Å². The van der Waals surface area contributed by atoms with E-state index >= 15 is 0 Å². The van der Waals surface area contributed by atoms with Gasteiger partial charge in [0, 0.05) is 18.1 Å². The van der Waals surface area contributed by atoms with Gasteiger partial charge in [-0.2, -0.15) is 11.8 Å². The average molecular weight is 691 g/mol. The SMILES string of the molecule is CC(C)c1ccc(-c2cc(=O)c3c(ccc4ccccc43)o2)cc1.CCC(=O)NC(CCSC)C(=O)NCC(=O)NCC(=O)NCC(=O)O. The summed E-state index contributed by atoms with van der Waals surface area (Å²) in [6, 6.07) is 20.8. The summed E-state index contributed by atoms with van der Waals surface area (Å²) in [5, 5.41) is 20.3. The minimum atomic E-state index is -1.20. The van der Waals surface area contributed by atoms with Gasteiger partial charge in [-0.3, -0.25) is 28.8 Å². The number of thioether (sulfide) groups is 1. The molecule has 0 bridgehead atoms. The molecule has 0 saturated heterocycles. The molecule has 4 amide bonds. The summed E-state index contributed by atoms with van der Waals surface area (Å²) in [6.07, 6.45) is 2.55. The largest absolute Gasteiger partial charge is 0.480 e. The fraction of sp³-hybridized carbons (Fsp3) is 0.333. The van der Waals surface area contributed by atoms with Crippen molar-refractivity contribution in [2.24, 2.45) is 0 Å². The molecule has 3 aromatic carbocycles. The number of carbonyl (C=O) groups is 5. The van der Waals surface area contributed by atoms with Gasteiger partial charge in [-0.1, -0.05) is 75.4 Å². The van der Waals surface area contributed by atoms with E-state index in [-0.39, 0.29) is 24.3 Å². The topological polar surface area (TPSA) is 184 Å². The maximum Gasteiger partial charge on any atom is 0.322 e. The number of amides is 4. The molecular weight excluding hydrogens is 648 g/mol. The number of fused-ring (bicyclic) bond motifs is 3. The van der Waals surface area contributed by atoms with Gasteiger partial charge in [-0.05, 0) is 46.7 Å². The number of carbonyl (C=O) groups excluding carboxylic acids is 4. The Morgan fingerprint density at radius 1 is 0.837 bits per heavy atom. The molecule has 0 aliphatic rings. The highest BCUT2D eigenvalue weighted by atomic mass is 32.2. The van der Waals surface area contributed by atoms with Crippen molar-refractivity contribution in [3.8, 4) is 11.3 Å². The summed E-state index contributed by atoms with van der Waals surface area (Å²) < 4.78 is 6.04. The first-order valence-electron chi connectivity index (χ1n) is 15.8. The second-order valence-corrected chi connectivity index (χ2v) is 12.3. The summed E-state index contributed by atoms with van der Waals surface area (Å²) in [7, 11) is 0. The molecule has 13 heteroatoms. The fourth-order valence-corrected chi connectivity index (χ4v) is 5.15. The van der Waals surface area contributed by atoms with Crippen LogP contribution in [0.4, 0.5) is 0 Å². The second-order valence-electron chi connectivity index (χ2n) is 11.3. The highest BCUT2D eigenvalue weighted by Crippen LogP contribution is 2.28. The number of hydrogen-bond acceptors (Lipinski definition) is 8. The molecule has 0 aliphatic heterocycles. The Morgan fingerprint density at radius 2 is 1.49 bits per heavy atom. The summed E-state index contributed by atoms with van der Waals surface area (Å²) in [6.45, 7) is 4.70. The van der Waals surface area contributed by atoms with Crippen LogP contribution in [0.3, 0.4) is 0 Å². The lowest BCUT2D eigenvalue weighted by Crippen LogP contribution is -2.49. The van der Waals surface area contributed by atoms with Gasteiger partial charge in [0.2, 0.25) is 23.6 Å². The van der Waals surface area contributed by atoms with Crippen molar-refractivity contribution in [3.05, 3.63) is 82.5 Å². The van der Waals surface area contributed by atoms with Crippen LogP contribution in [0.25, 0.3) is 33.1 Å². The third kappa shape index (κ3) is 11.8. The van der Waals surface area contributed by atoms with Crippen LogP contribution in [0.5, 0.6) is 0 Å². The number of benzene rings is 3. The molecule has 1 unspecified atom stereocenters. The molecule has 0 radical (unpaired) electrons. The molecule has 0 saturated carbocycles. The van der Waals surface area contributed by atoms with E-state index in [1.165, 1.54) is 17.3 Å². The third-order valence-electron chi connectivity index (χ3n) is 7.37. The molecule has 1 heterocycles. The van der Waals surface area contributed by atoms with Gasteiger partial charge in [0.1, 0.15) is 23.9 Å². The first kappa shape index (κ1) is 38.3. The lowest BCUT2D eigenvalue weighted by atomic mass is 10.0. The Labute approximate surface area is 288 Å². The average Bonchev–Trinajstić information content (AvgIpc) is 3.10. The standard InChI is InChI=1S/C22H18O2.C14H24N4O6S/c1-14(2)15-7-9-17(10-8-15)21-13-19(23)22-18-6-4-3-5-16(18)11-12-20(22)24-21;1-3-10(19)18-9(4-5-25-2)14(24)17-7-12(21)15-6-11(20)16-8-13(22)23/h3-14H,1-2H3;9H,3-8H2,1-2H3,(H,15,21)(H,16,20)(H,17,24)(H,18,19)(H,22,23). The maximum atomic E-state index is 12.7. The zero-order valence-electron chi connectivity index (χ0n) is 28.0. The number of nitrogens with one attached hydrogen (secondary N) is 4. The Bertz CT molecular complexity index is 1840. The molecule has 0 fully saturated rings. The predicted octanol–water partition coefficient (Wildman–Crippen LogP) is 3.80. The molecule has 49 heavy (non-hydrogen) atoms. The Morgan fingerprint density at radius 3 is 2.12 bits per heavy atom. The van der Waals surface area contributed by atoms with E-state index in [9.17, 15) is 28.8 Å². The zero-order valence-corrected chi connectivity index (χ0v) is 28.8.